The van der Waals surface area contributed by atoms with Gasteiger partial charge >= 0.3 is 10.2 Å². The van der Waals surface area contributed by atoms with Gasteiger partial charge in [-0.15, -0.1) is 0 Å². The van der Waals surface area contributed by atoms with Gasteiger partial charge in [0.25, 0.3) is 0 Å². The van der Waals surface area contributed by atoms with Crippen molar-refractivity contribution in [3.05, 3.63) is 23.8 Å². The van der Waals surface area contributed by atoms with E-state index in [-0.39, 0.29) is 5.75 Å². The van der Waals surface area contributed by atoms with Gasteiger partial charge in [-0.05, 0) is 31.9 Å². The molecule has 19 heavy (non-hydrogen) atoms. The maximum Gasteiger partial charge on any atom is 0.301 e. The van der Waals surface area contributed by atoms with Gasteiger partial charge in [0.15, 0.2) is 0 Å². The van der Waals surface area contributed by atoms with Gasteiger partial charge in [0.1, 0.15) is 5.75 Å². The van der Waals surface area contributed by atoms with E-state index in [2.05, 4.69) is 4.72 Å². The molecule has 1 aliphatic heterocycles. The average Bonchev–Trinajstić information content (AvgIpc) is 2.64. The molecule has 0 spiro atoms. The molecule has 2 rings (SSSR count). The van der Waals surface area contributed by atoms with E-state index in [0.29, 0.717) is 24.3 Å². The summed E-state index contributed by atoms with van der Waals surface area (Å²) >= 11 is 0. The monoisotopic (exact) mass is 284 g/mol. The number of nitrogens with one attached hydrogen (secondary N) is 1. The Morgan fingerprint density at radius 2 is 1.79 bits per heavy atom. The summed E-state index contributed by atoms with van der Waals surface area (Å²) in [6.45, 7) is 2.82. The van der Waals surface area contributed by atoms with Gasteiger partial charge < -0.3 is 5.11 Å². The van der Waals surface area contributed by atoms with Gasteiger partial charge in [-0.1, -0.05) is 18.9 Å². The van der Waals surface area contributed by atoms with Crippen molar-refractivity contribution in [3.8, 4) is 5.75 Å². The van der Waals surface area contributed by atoms with Crippen LogP contribution in [0.4, 0.5) is 5.69 Å². The predicted octanol–water partition coefficient (Wildman–Crippen LogP) is 2.23. The first-order valence-corrected chi connectivity index (χ1v) is 8.01. The van der Waals surface area contributed by atoms with Crippen LogP contribution in [0.5, 0.6) is 5.75 Å². The normalized spacial score (nSPS) is 17.9. The summed E-state index contributed by atoms with van der Waals surface area (Å²) in [4.78, 5) is 0. The fourth-order valence-electron chi connectivity index (χ4n) is 2.22. The van der Waals surface area contributed by atoms with Crippen molar-refractivity contribution in [2.45, 2.75) is 32.6 Å². The molecule has 1 aromatic rings. The van der Waals surface area contributed by atoms with Crippen LogP contribution in [0.1, 0.15) is 31.2 Å². The SMILES string of the molecule is Cc1c(O)cccc1NS(=O)(=O)N1CCCCCC1. The smallest absolute Gasteiger partial charge is 0.301 e. The molecule has 2 N–H and O–H groups in total. The molecule has 0 radical (unpaired) electrons. The van der Waals surface area contributed by atoms with E-state index in [1.54, 1.807) is 25.1 Å². The van der Waals surface area contributed by atoms with Crippen LogP contribution in [0.3, 0.4) is 0 Å². The van der Waals surface area contributed by atoms with E-state index >= 15 is 0 Å². The summed E-state index contributed by atoms with van der Waals surface area (Å²) in [6.07, 6.45) is 3.97. The second kappa shape index (κ2) is 5.79. The summed E-state index contributed by atoms with van der Waals surface area (Å²) in [7, 11) is -3.53. The molecule has 6 heteroatoms. The van der Waals surface area contributed by atoms with Gasteiger partial charge in [-0.2, -0.15) is 12.7 Å². The van der Waals surface area contributed by atoms with Gasteiger partial charge in [-0.3, -0.25) is 4.72 Å². The molecule has 1 fully saturated rings. The topological polar surface area (TPSA) is 69.6 Å². The highest BCUT2D eigenvalue weighted by Crippen LogP contribution is 2.25. The van der Waals surface area contributed by atoms with Crippen molar-refractivity contribution >= 4 is 15.9 Å². The molecule has 5 nitrogen and oxygen atoms in total. The van der Waals surface area contributed by atoms with Gasteiger partial charge in [0.2, 0.25) is 0 Å². The number of hydrogen-bond acceptors (Lipinski definition) is 3. The standard InChI is InChI=1S/C13H20N2O3S/c1-11-12(7-6-8-13(11)16)14-19(17,18)15-9-4-2-3-5-10-15/h6-8,14,16H,2-5,9-10H2,1H3. The Morgan fingerprint density at radius 1 is 1.16 bits per heavy atom. The van der Waals surface area contributed by atoms with Crippen LogP contribution in [-0.2, 0) is 10.2 Å². The Kier molecular flexibility index (Phi) is 4.31. The highest BCUT2D eigenvalue weighted by Gasteiger charge is 2.23. The molecule has 106 valence electrons. The highest BCUT2D eigenvalue weighted by atomic mass is 32.2. The number of benzene rings is 1. The van der Waals surface area contributed by atoms with Crippen molar-refractivity contribution < 1.29 is 13.5 Å². The van der Waals surface area contributed by atoms with Gasteiger partial charge in [-0.25, -0.2) is 0 Å². The first kappa shape index (κ1) is 14.1. The first-order valence-electron chi connectivity index (χ1n) is 6.57. The maximum atomic E-state index is 12.3. The molecular weight excluding hydrogens is 264 g/mol. The summed E-state index contributed by atoms with van der Waals surface area (Å²) < 4.78 is 28.7. The number of phenols is 1. The fraction of sp³-hybridized carbons (Fsp3) is 0.538. The van der Waals surface area contributed by atoms with E-state index in [4.69, 9.17) is 0 Å². The second-order valence-electron chi connectivity index (χ2n) is 4.87. The summed E-state index contributed by atoms with van der Waals surface area (Å²) in [5.74, 6) is 0.0936. The lowest BCUT2D eigenvalue weighted by atomic mass is 10.2. The van der Waals surface area contributed by atoms with Crippen LogP contribution >= 0.6 is 0 Å². The molecular formula is C13H20N2O3S. The molecule has 1 saturated heterocycles. The molecule has 0 atom stereocenters. The molecule has 1 aromatic carbocycles. The van der Waals surface area contributed by atoms with Crippen molar-refractivity contribution in [1.82, 2.24) is 4.31 Å². The van der Waals surface area contributed by atoms with Crippen molar-refractivity contribution in [2.24, 2.45) is 0 Å². The Labute approximate surface area is 114 Å². The summed E-state index contributed by atoms with van der Waals surface area (Å²) in [5.41, 5.74) is 0.977. The molecule has 0 saturated carbocycles. The minimum atomic E-state index is -3.53. The summed E-state index contributed by atoms with van der Waals surface area (Å²) in [6, 6.07) is 4.83. The average molecular weight is 284 g/mol. The molecule has 0 aromatic heterocycles. The van der Waals surface area contributed by atoms with Crippen LogP contribution in [0.15, 0.2) is 18.2 Å². The third-order valence-electron chi connectivity index (χ3n) is 3.45. The molecule has 1 heterocycles. The zero-order valence-corrected chi connectivity index (χ0v) is 11.9. The van der Waals surface area contributed by atoms with Crippen LogP contribution in [0.25, 0.3) is 0 Å². The number of aromatic hydroxyl groups is 1. The van der Waals surface area contributed by atoms with E-state index in [0.717, 1.165) is 25.7 Å². The highest BCUT2D eigenvalue weighted by molar-refractivity contribution is 7.90. The van der Waals surface area contributed by atoms with Crippen LogP contribution in [-0.4, -0.2) is 30.9 Å². The lowest BCUT2D eigenvalue weighted by molar-refractivity contribution is 0.427. The van der Waals surface area contributed by atoms with Crippen LogP contribution < -0.4 is 4.72 Å². The lowest BCUT2D eigenvalue weighted by Gasteiger charge is -2.21. The van der Waals surface area contributed by atoms with Crippen molar-refractivity contribution in [3.63, 3.8) is 0 Å². The van der Waals surface area contributed by atoms with Gasteiger partial charge in [0.05, 0.1) is 5.69 Å². The maximum absolute atomic E-state index is 12.3. The molecule has 1 aliphatic rings. The minimum Gasteiger partial charge on any atom is -0.508 e. The number of phenolic OH excluding ortho intramolecular Hbond substituents is 1. The number of rotatable bonds is 3. The lowest BCUT2D eigenvalue weighted by Crippen LogP contribution is -2.36. The zero-order chi connectivity index (χ0) is 13.9. The Balaban J connectivity index is 2.18. The van der Waals surface area contributed by atoms with E-state index in [9.17, 15) is 13.5 Å². The molecule has 0 unspecified atom stereocenters. The fourth-order valence-corrected chi connectivity index (χ4v) is 3.59. The summed E-state index contributed by atoms with van der Waals surface area (Å²) in [5, 5.41) is 9.60. The van der Waals surface area contributed by atoms with Crippen LogP contribution in [0, 0.1) is 6.92 Å². The predicted molar refractivity (Wildman–Crippen MR) is 75.4 cm³/mol. The quantitative estimate of drug-likeness (QED) is 0.894. The zero-order valence-electron chi connectivity index (χ0n) is 11.1. The Bertz CT molecular complexity index is 535. The second-order valence-corrected chi connectivity index (χ2v) is 6.54. The van der Waals surface area contributed by atoms with E-state index in [1.807, 2.05) is 0 Å². The van der Waals surface area contributed by atoms with Gasteiger partial charge in [0, 0.05) is 18.7 Å². The number of hydrogen-bond donors (Lipinski definition) is 2. The third-order valence-corrected chi connectivity index (χ3v) is 4.97. The minimum absolute atomic E-state index is 0.0936. The van der Waals surface area contributed by atoms with Crippen LogP contribution in [0.2, 0.25) is 0 Å². The molecule has 0 aliphatic carbocycles. The Hall–Kier alpha value is -1.27. The molecule has 0 amide bonds. The van der Waals surface area contributed by atoms with Crippen molar-refractivity contribution in [2.75, 3.05) is 17.8 Å². The first-order chi connectivity index (χ1) is 9.00. The third kappa shape index (κ3) is 3.39. The van der Waals surface area contributed by atoms with E-state index in [1.165, 1.54) is 4.31 Å². The van der Waals surface area contributed by atoms with Crippen molar-refractivity contribution in [1.29, 1.82) is 0 Å². The molecule has 0 bridgehead atoms. The van der Waals surface area contributed by atoms with E-state index < -0.39 is 10.2 Å². The Morgan fingerprint density at radius 3 is 2.42 bits per heavy atom. The number of anilines is 1. The number of nitrogens with zero attached hydrogens (tertiary/aromatic N) is 1. The largest absolute Gasteiger partial charge is 0.508 e.